The summed E-state index contributed by atoms with van der Waals surface area (Å²) in [5, 5.41) is 8.35. The maximum Gasteiger partial charge on any atom is 0.341 e. The van der Waals surface area contributed by atoms with Crippen molar-refractivity contribution < 1.29 is 33.8 Å². The van der Waals surface area contributed by atoms with Gasteiger partial charge in [0, 0.05) is 22.2 Å². The maximum atomic E-state index is 12.8. The summed E-state index contributed by atoms with van der Waals surface area (Å²) in [6.45, 7) is 0.801. The molecular weight excluding hydrogens is 595 g/mol. The molecule has 0 saturated carbocycles. The van der Waals surface area contributed by atoms with Gasteiger partial charge in [-0.15, -0.1) is 0 Å². The zero-order valence-corrected chi connectivity index (χ0v) is 20.0. The van der Waals surface area contributed by atoms with E-state index >= 15 is 0 Å². The molecule has 1 aromatic carbocycles. The third kappa shape index (κ3) is 5.53. The molecule has 12 heteroatoms. The molecule has 0 atom stereocenters. The molecule has 2 fully saturated rings. The van der Waals surface area contributed by atoms with Gasteiger partial charge in [0.1, 0.15) is 12.3 Å². The van der Waals surface area contributed by atoms with Crippen LogP contribution in [0.25, 0.3) is 6.08 Å². The Labute approximate surface area is 198 Å². The number of carboxylic acid groups (broad SMARTS) is 1. The van der Waals surface area contributed by atoms with Gasteiger partial charge in [-0.05, 0) is 68.5 Å². The molecule has 0 aromatic heterocycles. The number of ether oxygens (including phenoxy) is 2. The van der Waals surface area contributed by atoms with E-state index in [9.17, 15) is 19.2 Å². The van der Waals surface area contributed by atoms with Crippen molar-refractivity contribution in [3.63, 3.8) is 0 Å². The molecule has 2 aliphatic rings. The summed E-state index contributed by atoms with van der Waals surface area (Å²) >= 11 is 6.12. The summed E-state index contributed by atoms with van der Waals surface area (Å²) in [4.78, 5) is 51.0. The smallest absolute Gasteiger partial charge is 0.341 e. The first kappa shape index (κ1) is 23.0. The largest absolute Gasteiger partial charge is 0.480 e. The highest BCUT2D eigenvalue weighted by molar-refractivity contribution is 14.1. The quantitative estimate of drug-likeness (QED) is 0.386. The average molecular weight is 611 g/mol. The molecule has 3 amide bonds. The molecule has 1 aromatic rings. The Bertz CT molecular complexity index is 933. The van der Waals surface area contributed by atoms with Crippen LogP contribution < -0.4 is 4.74 Å². The average Bonchev–Trinajstić information content (AvgIpc) is 2.95. The number of hydrogen-bond donors (Lipinski definition) is 1. The number of halogens is 2. The van der Waals surface area contributed by atoms with Crippen LogP contribution in [0.4, 0.5) is 4.79 Å². The minimum Gasteiger partial charge on any atom is -0.480 e. The molecule has 160 valence electrons. The van der Waals surface area contributed by atoms with Crippen LogP contribution in [0, 0.1) is 3.57 Å². The molecule has 9 nitrogen and oxygen atoms in total. The number of imide groups is 1. The van der Waals surface area contributed by atoms with Crippen LogP contribution in [0.5, 0.6) is 5.75 Å². The van der Waals surface area contributed by atoms with E-state index in [2.05, 4.69) is 38.5 Å². The van der Waals surface area contributed by atoms with Crippen molar-refractivity contribution in [3.8, 4) is 5.75 Å². The van der Waals surface area contributed by atoms with Gasteiger partial charge in [-0.1, -0.05) is 0 Å². The van der Waals surface area contributed by atoms with E-state index in [4.69, 9.17) is 14.6 Å². The van der Waals surface area contributed by atoms with Gasteiger partial charge in [-0.25, -0.2) is 4.79 Å². The fraction of sp³-hybridized carbons (Fsp3) is 0.333. The fourth-order valence-electron chi connectivity index (χ4n) is 2.80. The lowest BCUT2D eigenvalue weighted by Gasteiger charge is -2.28. The number of morpholine rings is 1. The maximum absolute atomic E-state index is 12.8. The van der Waals surface area contributed by atoms with E-state index in [0.717, 1.165) is 20.2 Å². The number of thioether (sulfide) groups is 1. The SMILES string of the molecule is O=C(O)COc1c(Br)cc(I)cc1/C=C1/SC(=O)N(CC(=O)N2CCOCC2)C1=O. The lowest BCUT2D eigenvalue weighted by Crippen LogP contribution is -2.46. The van der Waals surface area contributed by atoms with Crippen LogP contribution in [0.3, 0.4) is 0 Å². The van der Waals surface area contributed by atoms with Crippen LogP contribution in [-0.2, 0) is 19.1 Å². The molecule has 3 rings (SSSR count). The fourth-order valence-corrected chi connectivity index (χ4v) is 5.29. The first-order valence-electron chi connectivity index (χ1n) is 8.71. The van der Waals surface area contributed by atoms with Gasteiger partial charge in [0.2, 0.25) is 5.91 Å². The Balaban J connectivity index is 1.81. The number of benzene rings is 1. The first-order valence-corrected chi connectivity index (χ1v) is 11.4. The van der Waals surface area contributed by atoms with Gasteiger partial charge in [-0.2, -0.15) is 0 Å². The molecule has 1 N–H and O–H groups in total. The van der Waals surface area contributed by atoms with Crippen molar-refractivity contribution in [2.45, 2.75) is 0 Å². The highest BCUT2D eigenvalue weighted by Gasteiger charge is 2.37. The zero-order chi connectivity index (χ0) is 21.8. The normalized spacial score (nSPS) is 18.3. The summed E-state index contributed by atoms with van der Waals surface area (Å²) in [5.41, 5.74) is 0.444. The Morgan fingerprint density at radius 1 is 1.30 bits per heavy atom. The number of carboxylic acids is 1. The monoisotopic (exact) mass is 610 g/mol. The number of rotatable bonds is 6. The minimum absolute atomic E-state index is 0.129. The first-order chi connectivity index (χ1) is 14.3. The van der Waals surface area contributed by atoms with Crippen molar-refractivity contribution in [2.75, 3.05) is 39.5 Å². The van der Waals surface area contributed by atoms with E-state index in [0.29, 0.717) is 36.3 Å². The third-order valence-corrected chi connectivity index (χ3v) is 6.31. The van der Waals surface area contributed by atoms with Crippen LogP contribution in [0.1, 0.15) is 5.56 Å². The molecule has 0 unspecified atom stereocenters. The highest BCUT2D eigenvalue weighted by Crippen LogP contribution is 2.37. The Kier molecular flexibility index (Phi) is 7.76. The molecule has 0 spiro atoms. The molecule has 30 heavy (non-hydrogen) atoms. The molecule has 2 heterocycles. The summed E-state index contributed by atoms with van der Waals surface area (Å²) in [7, 11) is 0. The molecule has 0 bridgehead atoms. The standard InChI is InChI=1S/C18H16BrIN2O7S/c19-12-7-11(20)5-10(16(12)29-9-15(24)25)6-13-17(26)22(18(27)30-13)8-14(23)21-1-3-28-4-2-21/h5-7H,1-4,8-9H2,(H,24,25)/b13-6+. The zero-order valence-electron chi connectivity index (χ0n) is 15.4. The van der Waals surface area contributed by atoms with Gasteiger partial charge in [0.25, 0.3) is 11.1 Å². The van der Waals surface area contributed by atoms with E-state index in [1.54, 1.807) is 17.0 Å². The molecule has 0 radical (unpaired) electrons. The second-order valence-corrected chi connectivity index (χ2v) is 9.34. The van der Waals surface area contributed by atoms with Crippen LogP contribution >= 0.6 is 50.3 Å². The summed E-state index contributed by atoms with van der Waals surface area (Å²) in [5.74, 6) is -1.79. The van der Waals surface area contributed by atoms with E-state index in [1.165, 1.54) is 6.08 Å². The second-order valence-electron chi connectivity index (χ2n) is 6.25. The van der Waals surface area contributed by atoms with Gasteiger partial charge in [0.15, 0.2) is 6.61 Å². The molecule has 2 aliphatic heterocycles. The Morgan fingerprint density at radius 3 is 2.67 bits per heavy atom. The number of hydrogen-bond acceptors (Lipinski definition) is 7. The third-order valence-electron chi connectivity index (χ3n) is 4.19. The van der Waals surface area contributed by atoms with Crippen molar-refractivity contribution in [1.29, 1.82) is 0 Å². The van der Waals surface area contributed by atoms with Crippen molar-refractivity contribution in [3.05, 3.63) is 30.6 Å². The predicted molar refractivity (Wildman–Crippen MR) is 120 cm³/mol. The summed E-state index contributed by atoms with van der Waals surface area (Å²) in [6.07, 6.45) is 1.47. The number of nitrogens with zero attached hydrogens (tertiary/aromatic N) is 2. The van der Waals surface area contributed by atoms with E-state index in [1.807, 2.05) is 0 Å². The number of amides is 3. The predicted octanol–water partition coefficient (Wildman–Crippen LogP) is 2.41. The lowest BCUT2D eigenvalue weighted by atomic mass is 10.2. The minimum atomic E-state index is -1.15. The Hall–Kier alpha value is -1.64. The van der Waals surface area contributed by atoms with Gasteiger partial charge >= 0.3 is 5.97 Å². The molecule has 0 aliphatic carbocycles. The van der Waals surface area contributed by atoms with Crippen LogP contribution in [0.2, 0.25) is 0 Å². The molecule has 2 saturated heterocycles. The van der Waals surface area contributed by atoms with E-state index < -0.39 is 23.7 Å². The number of aliphatic carboxylic acids is 1. The topological polar surface area (TPSA) is 113 Å². The van der Waals surface area contributed by atoms with Crippen molar-refractivity contribution >= 4 is 79.4 Å². The van der Waals surface area contributed by atoms with Crippen LogP contribution in [-0.4, -0.2) is 77.4 Å². The molecular formula is C18H16BrIN2O7S. The van der Waals surface area contributed by atoms with Crippen LogP contribution in [0.15, 0.2) is 21.5 Å². The summed E-state index contributed by atoms with van der Waals surface area (Å²) < 4.78 is 11.9. The van der Waals surface area contributed by atoms with E-state index in [-0.39, 0.29) is 23.1 Å². The lowest BCUT2D eigenvalue weighted by molar-refractivity contribution is -0.139. The van der Waals surface area contributed by atoms with Crippen molar-refractivity contribution in [1.82, 2.24) is 9.80 Å². The highest BCUT2D eigenvalue weighted by atomic mass is 127. The van der Waals surface area contributed by atoms with Gasteiger partial charge in [-0.3, -0.25) is 19.3 Å². The number of carbonyl (C=O) groups is 4. The van der Waals surface area contributed by atoms with Gasteiger partial charge in [0.05, 0.1) is 22.6 Å². The number of carbonyl (C=O) groups excluding carboxylic acids is 3. The van der Waals surface area contributed by atoms with Gasteiger partial charge < -0.3 is 19.5 Å². The Morgan fingerprint density at radius 2 is 2.00 bits per heavy atom. The second kappa shape index (κ2) is 10.1. The van der Waals surface area contributed by atoms with Crippen molar-refractivity contribution in [2.24, 2.45) is 0 Å². The summed E-state index contributed by atoms with van der Waals surface area (Å²) in [6, 6.07) is 3.44.